The minimum absolute atomic E-state index is 0.0287. The van der Waals surface area contributed by atoms with Gasteiger partial charge in [-0.3, -0.25) is 9.52 Å². The number of benzene rings is 2. The van der Waals surface area contributed by atoms with E-state index in [2.05, 4.69) is 69.5 Å². The number of amides is 1. The number of ether oxygens (including phenoxy) is 3. The molecule has 5 rings (SSSR count). The Balaban J connectivity index is 1.45. The predicted octanol–water partition coefficient (Wildman–Crippen LogP) is 7.33. The first-order valence-corrected chi connectivity index (χ1v) is 16.7. The topological polar surface area (TPSA) is 63.3 Å². The summed E-state index contributed by atoms with van der Waals surface area (Å²) in [6.07, 6.45) is 19.8. The van der Waals surface area contributed by atoms with Crippen molar-refractivity contribution in [3.63, 3.8) is 0 Å². The SMILES string of the molecule is CCN(SC1=CC=CC(OC)C=C1)C1C=CC=CC2=C1CCN2C(C(=O)NSc1ccc(C)cc1OC)c1cccc(OC)c1. The van der Waals surface area contributed by atoms with Crippen LogP contribution in [0.5, 0.6) is 11.5 Å². The Morgan fingerprint density at radius 3 is 2.69 bits per heavy atom. The smallest absolute Gasteiger partial charge is 0.257 e. The number of hydrogen-bond donors (Lipinski definition) is 1. The van der Waals surface area contributed by atoms with Gasteiger partial charge in [-0.05, 0) is 96.4 Å². The molecule has 7 nitrogen and oxygen atoms in total. The van der Waals surface area contributed by atoms with Gasteiger partial charge < -0.3 is 19.1 Å². The second kappa shape index (κ2) is 15.6. The Kier molecular flexibility index (Phi) is 11.3. The number of nitrogens with one attached hydrogen (secondary N) is 1. The molecule has 1 amide bonds. The lowest BCUT2D eigenvalue weighted by Gasteiger charge is -2.32. The molecule has 3 atom stereocenters. The molecular weight excluding hydrogens is 603 g/mol. The highest BCUT2D eigenvalue weighted by Crippen LogP contribution is 2.41. The molecule has 9 heteroatoms. The summed E-state index contributed by atoms with van der Waals surface area (Å²) >= 11 is 3.02. The van der Waals surface area contributed by atoms with E-state index in [0.29, 0.717) is 5.75 Å². The van der Waals surface area contributed by atoms with Crippen LogP contribution in [0, 0.1) is 6.92 Å². The summed E-state index contributed by atoms with van der Waals surface area (Å²) in [6, 6.07) is 13.3. The maximum Gasteiger partial charge on any atom is 0.257 e. The number of methoxy groups -OCH3 is 3. The van der Waals surface area contributed by atoms with Gasteiger partial charge in [-0.15, -0.1) is 0 Å². The van der Waals surface area contributed by atoms with Crippen LogP contribution in [-0.4, -0.2) is 61.7 Å². The number of allylic oxidation sites excluding steroid dienone is 6. The minimum atomic E-state index is -0.564. The quantitative estimate of drug-likeness (QED) is 0.242. The van der Waals surface area contributed by atoms with Crippen molar-refractivity contribution in [3.8, 4) is 11.5 Å². The molecule has 2 aromatic carbocycles. The molecule has 0 radical (unpaired) electrons. The maximum atomic E-state index is 14.2. The summed E-state index contributed by atoms with van der Waals surface area (Å²) in [6.45, 7) is 5.76. The van der Waals surface area contributed by atoms with Crippen LogP contribution in [0.4, 0.5) is 0 Å². The highest BCUT2D eigenvalue weighted by Gasteiger charge is 2.37. The Morgan fingerprint density at radius 1 is 1.04 bits per heavy atom. The van der Waals surface area contributed by atoms with E-state index >= 15 is 0 Å². The van der Waals surface area contributed by atoms with E-state index < -0.39 is 6.04 Å². The summed E-state index contributed by atoms with van der Waals surface area (Å²) in [4.78, 5) is 18.4. The van der Waals surface area contributed by atoms with Crippen LogP contribution < -0.4 is 14.2 Å². The Labute approximate surface area is 275 Å². The number of carbonyl (C=O) groups excluding carboxylic acids is 1. The zero-order valence-electron chi connectivity index (χ0n) is 26.4. The van der Waals surface area contributed by atoms with E-state index in [1.807, 2.05) is 55.5 Å². The van der Waals surface area contributed by atoms with Crippen LogP contribution in [-0.2, 0) is 9.53 Å². The molecule has 45 heavy (non-hydrogen) atoms. The van der Waals surface area contributed by atoms with E-state index in [9.17, 15) is 4.79 Å². The van der Waals surface area contributed by atoms with E-state index in [1.54, 1.807) is 33.3 Å². The summed E-state index contributed by atoms with van der Waals surface area (Å²) < 4.78 is 22.2. The largest absolute Gasteiger partial charge is 0.497 e. The van der Waals surface area contributed by atoms with E-state index in [0.717, 1.165) is 51.9 Å². The highest BCUT2D eigenvalue weighted by molar-refractivity contribution is 8.01. The van der Waals surface area contributed by atoms with Crippen LogP contribution in [0.25, 0.3) is 0 Å². The van der Waals surface area contributed by atoms with E-state index in [1.165, 1.54) is 17.5 Å². The third-order valence-corrected chi connectivity index (χ3v) is 10.0. The molecule has 2 aromatic rings. The Bertz CT molecular complexity index is 1560. The zero-order chi connectivity index (χ0) is 31.8. The Hall–Kier alpha value is -3.63. The first-order chi connectivity index (χ1) is 21.9. The fourth-order valence-corrected chi connectivity index (χ4v) is 7.38. The van der Waals surface area contributed by atoms with Crippen LogP contribution in [0.3, 0.4) is 0 Å². The van der Waals surface area contributed by atoms with Gasteiger partial charge in [-0.2, -0.15) is 0 Å². The third kappa shape index (κ3) is 7.79. The molecule has 1 heterocycles. The standard InChI is InChI=1S/C36H41N3O4S2/c1-6-39(45-29-14-10-12-27(41-3)18-19-29)32-16-8-7-15-31-30(32)21-22-38(31)35(26-11-9-13-28(24-26)42-4)36(40)37-44-34-20-17-25(2)23-33(34)43-5/h7-20,23-24,27,32,35H,6,21-22H2,1-5H3,(H,37,40). The highest BCUT2D eigenvalue weighted by atomic mass is 32.2. The number of rotatable bonds is 12. The molecule has 1 aliphatic heterocycles. The molecule has 2 aliphatic carbocycles. The van der Waals surface area contributed by atoms with Crippen LogP contribution in [0.2, 0.25) is 0 Å². The molecule has 0 saturated carbocycles. The molecule has 236 valence electrons. The fourth-order valence-electron chi connectivity index (χ4n) is 5.69. The summed E-state index contributed by atoms with van der Waals surface area (Å²) in [5, 5.41) is 0. The third-order valence-electron chi connectivity index (χ3n) is 7.95. The van der Waals surface area contributed by atoms with Crippen molar-refractivity contribution in [3.05, 3.63) is 124 Å². The fraction of sp³-hybridized carbons (Fsp3) is 0.306. The van der Waals surface area contributed by atoms with Gasteiger partial charge in [-0.1, -0.05) is 61.6 Å². The molecule has 3 aliphatic rings. The minimum Gasteiger partial charge on any atom is -0.497 e. The van der Waals surface area contributed by atoms with Crippen molar-refractivity contribution in [2.45, 2.75) is 43.4 Å². The maximum absolute atomic E-state index is 14.2. The van der Waals surface area contributed by atoms with Crippen molar-refractivity contribution in [2.75, 3.05) is 34.4 Å². The molecule has 0 spiro atoms. The predicted molar refractivity (Wildman–Crippen MR) is 185 cm³/mol. The first kappa shape index (κ1) is 32.8. The van der Waals surface area contributed by atoms with Gasteiger partial charge >= 0.3 is 0 Å². The second-order valence-corrected chi connectivity index (χ2v) is 12.8. The monoisotopic (exact) mass is 643 g/mol. The van der Waals surface area contributed by atoms with E-state index in [4.69, 9.17) is 14.2 Å². The van der Waals surface area contributed by atoms with Gasteiger partial charge in [0.2, 0.25) is 0 Å². The molecule has 0 saturated heterocycles. The second-order valence-electron chi connectivity index (χ2n) is 10.8. The lowest BCUT2D eigenvalue weighted by Crippen LogP contribution is -2.37. The van der Waals surface area contributed by atoms with Crippen molar-refractivity contribution >= 4 is 29.8 Å². The van der Waals surface area contributed by atoms with Gasteiger partial charge in [0.1, 0.15) is 17.5 Å². The summed E-state index contributed by atoms with van der Waals surface area (Å²) in [5.41, 5.74) is 4.34. The number of nitrogens with zero attached hydrogens (tertiary/aromatic N) is 2. The van der Waals surface area contributed by atoms with Gasteiger partial charge in [0.15, 0.2) is 0 Å². The number of likely N-dealkylation sites (N-methyl/N-ethyl adjacent to an activating group) is 1. The average molecular weight is 644 g/mol. The van der Waals surface area contributed by atoms with Crippen LogP contribution in [0.1, 0.15) is 30.5 Å². The first-order valence-electron chi connectivity index (χ1n) is 15.1. The lowest BCUT2D eigenvalue weighted by molar-refractivity contribution is -0.123. The number of carbonyl (C=O) groups is 1. The molecule has 1 N–H and O–H groups in total. The number of aryl methyl sites for hydroxylation is 1. The molecule has 0 bridgehead atoms. The summed E-state index contributed by atoms with van der Waals surface area (Å²) in [7, 11) is 5.01. The molecule has 3 unspecified atom stereocenters. The van der Waals surface area contributed by atoms with E-state index in [-0.39, 0.29) is 18.1 Å². The molecule has 0 aromatic heterocycles. The Morgan fingerprint density at radius 2 is 1.91 bits per heavy atom. The normalized spacial score (nSPS) is 19.7. The van der Waals surface area contributed by atoms with Crippen molar-refractivity contribution in [1.82, 2.24) is 13.9 Å². The lowest BCUT2D eigenvalue weighted by atomic mass is 10.0. The average Bonchev–Trinajstić information content (AvgIpc) is 3.20. The van der Waals surface area contributed by atoms with Crippen LogP contribution in [0.15, 0.2) is 118 Å². The van der Waals surface area contributed by atoms with Crippen molar-refractivity contribution in [1.29, 1.82) is 0 Å². The van der Waals surface area contributed by atoms with Crippen LogP contribution >= 0.6 is 23.9 Å². The number of hydrogen-bond acceptors (Lipinski definition) is 8. The van der Waals surface area contributed by atoms with Gasteiger partial charge in [-0.25, -0.2) is 4.31 Å². The van der Waals surface area contributed by atoms with Gasteiger partial charge in [0.05, 0.1) is 31.3 Å². The zero-order valence-corrected chi connectivity index (χ0v) is 28.1. The van der Waals surface area contributed by atoms with Crippen molar-refractivity contribution in [2.24, 2.45) is 0 Å². The van der Waals surface area contributed by atoms with Crippen molar-refractivity contribution < 1.29 is 19.0 Å². The molecule has 0 fully saturated rings. The van der Waals surface area contributed by atoms with Gasteiger partial charge in [0, 0.05) is 30.8 Å². The van der Waals surface area contributed by atoms with Gasteiger partial charge in [0.25, 0.3) is 5.91 Å². The summed E-state index contributed by atoms with van der Waals surface area (Å²) in [5.74, 6) is 1.33. The molecular formula is C36H41N3O4S2.